The van der Waals surface area contributed by atoms with Crippen molar-refractivity contribution < 1.29 is 14.4 Å². The lowest BCUT2D eigenvalue weighted by molar-refractivity contribution is -0.892. The number of thiophene rings is 1. The van der Waals surface area contributed by atoms with Crippen molar-refractivity contribution in [2.24, 2.45) is 0 Å². The summed E-state index contributed by atoms with van der Waals surface area (Å²) in [5, 5.41) is 13.6. The van der Waals surface area contributed by atoms with Crippen LogP contribution in [0.1, 0.15) is 41.7 Å². The number of nitrogens with zero attached hydrogens (tertiary/aromatic N) is 2. The Labute approximate surface area is 188 Å². The molecule has 1 aromatic heterocycles. The van der Waals surface area contributed by atoms with Gasteiger partial charge in [0.05, 0.1) is 44.5 Å². The first-order chi connectivity index (χ1) is 15.2. The van der Waals surface area contributed by atoms with E-state index in [1.165, 1.54) is 34.6 Å². The fraction of sp³-hybridized carbons (Fsp3) is 0.500. The average molecular weight is 440 g/mol. The lowest BCUT2D eigenvalue weighted by Gasteiger charge is -2.33. The molecule has 0 spiro atoms. The summed E-state index contributed by atoms with van der Waals surface area (Å²) in [6, 6.07) is 10.4. The number of ether oxygens (including phenoxy) is 1. The molecule has 31 heavy (non-hydrogen) atoms. The molecule has 7 heteroatoms. The first-order valence-corrected chi connectivity index (χ1v) is 12.1. The Balaban J connectivity index is 1.35. The lowest BCUT2D eigenvalue weighted by Crippen LogP contribution is -3.15. The molecule has 0 radical (unpaired) electrons. The van der Waals surface area contributed by atoms with E-state index in [2.05, 4.69) is 22.4 Å². The van der Waals surface area contributed by atoms with Crippen LogP contribution >= 0.6 is 11.3 Å². The Morgan fingerprint density at radius 3 is 2.68 bits per heavy atom. The maximum atomic E-state index is 12.8. The molecule has 0 bridgehead atoms. The Kier molecular flexibility index (Phi) is 7.10. The van der Waals surface area contributed by atoms with E-state index in [1.54, 1.807) is 18.4 Å². The normalized spacial score (nSPS) is 17.2. The minimum atomic E-state index is 0.00598. The highest BCUT2D eigenvalue weighted by Gasteiger charge is 2.25. The Morgan fingerprint density at radius 1 is 1.19 bits per heavy atom. The van der Waals surface area contributed by atoms with Crippen LogP contribution in [0.2, 0.25) is 0 Å². The summed E-state index contributed by atoms with van der Waals surface area (Å²) in [4.78, 5) is 17.7. The van der Waals surface area contributed by atoms with Gasteiger partial charge in [-0.3, -0.25) is 4.79 Å². The highest BCUT2D eigenvalue weighted by Crippen LogP contribution is 2.36. The van der Waals surface area contributed by atoms with Crippen LogP contribution in [0.25, 0.3) is 0 Å². The minimum absolute atomic E-state index is 0.00598. The van der Waals surface area contributed by atoms with Crippen LogP contribution in [0.5, 0.6) is 5.75 Å². The van der Waals surface area contributed by atoms with Gasteiger partial charge < -0.3 is 19.9 Å². The first kappa shape index (κ1) is 21.7. The van der Waals surface area contributed by atoms with Crippen LogP contribution in [0.15, 0.2) is 24.3 Å². The largest absolute Gasteiger partial charge is 0.495 e. The number of amides is 1. The van der Waals surface area contributed by atoms with Crippen molar-refractivity contribution in [3.8, 4) is 11.8 Å². The van der Waals surface area contributed by atoms with Crippen molar-refractivity contribution in [3.05, 3.63) is 40.3 Å². The molecular formula is C24H31N4O2S+. The fourth-order valence-electron chi connectivity index (χ4n) is 4.66. The summed E-state index contributed by atoms with van der Waals surface area (Å²) in [5.41, 5.74) is 3.00. The van der Waals surface area contributed by atoms with E-state index in [0.29, 0.717) is 12.1 Å². The van der Waals surface area contributed by atoms with Gasteiger partial charge in [-0.2, -0.15) is 5.26 Å². The van der Waals surface area contributed by atoms with Crippen LogP contribution in [-0.4, -0.2) is 45.7 Å². The molecule has 2 N–H and O–H groups in total. The zero-order valence-electron chi connectivity index (χ0n) is 18.2. The van der Waals surface area contributed by atoms with Gasteiger partial charge in [0.15, 0.2) is 6.54 Å². The molecule has 1 aliphatic heterocycles. The highest BCUT2D eigenvalue weighted by molar-refractivity contribution is 7.16. The number of carbonyl (C=O) groups excluding carboxylic acids is 1. The number of methoxy groups -OCH3 is 1. The van der Waals surface area contributed by atoms with E-state index in [1.807, 2.05) is 18.2 Å². The number of benzene rings is 1. The zero-order valence-corrected chi connectivity index (χ0v) is 19.0. The molecule has 2 heterocycles. The maximum absolute atomic E-state index is 12.8. The van der Waals surface area contributed by atoms with Crippen LogP contribution in [-0.2, 0) is 17.6 Å². The molecule has 0 atom stereocenters. The molecule has 1 amide bonds. The van der Waals surface area contributed by atoms with Gasteiger partial charge in [-0.15, -0.1) is 11.3 Å². The fourth-order valence-corrected chi connectivity index (χ4v) is 5.91. The average Bonchev–Trinajstić information content (AvgIpc) is 3.09. The number of nitrogens with one attached hydrogen (secondary N) is 2. The van der Waals surface area contributed by atoms with E-state index in [9.17, 15) is 10.1 Å². The molecular weight excluding hydrogens is 408 g/mol. The van der Waals surface area contributed by atoms with Crippen LogP contribution in [0, 0.1) is 11.3 Å². The number of quaternary nitrogens is 1. The van der Waals surface area contributed by atoms with Gasteiger partial charge in [-0.25, -0.2) is 0 Å². The van der Waals surface area contributed by atoms with Gasteiger partial charge in [-0.05, 0) is 43.4 Å². The molecule has 2 aliphatic rings. The number of rotatable bonds is 5. The van der Waals surface area contributed by atoms with E-state index < -0.39 is 0 Å². The van der Waals surface area contributed by atoms with Gasteiger partial charge in [0, 0.05) is 4.88 Å². The molecule has 1 aromatic carbocycles. The SMILES string of the molecule is COc1ccccc1N1CC[NH+](CC(=O)Nc2sc3c(c2C#N)CCCCCC3)CC1. The predicted molar refractivity (Wildman–Crippen MR) is 124 cm³/mol. The molecule has 1 saturated heterocycles. The van der Waals surface area contributed by atoms with Gasteiger partial charge in [0.25, 0.3) is 5.91 Å². The van der Waals surface area contributed by atoms with E-state index in [0.717, 1.165) is 61.9 Å². The molecule has 1 aliphatic carbocycles. The van der Waals surface area contributed by atoms with Crippen LogP contribution in [0.3, 0.4) is 0 Å². The van der Waals surface area contributed by atoms with Crippen molar-refractivity contribution >= 4 is 27.9 Å². The second-order valence-electron chi connectivity index (χ2n) is 8.37. The Hall–Kier alpha value is -2.56. The summed E-state index contributed by atoms with van der Waals surface area (Å²) in [6.07, 6.45) is 6.78. The molecule has 0 saturated carbocycles. The smallest absolute Gasteiger partial charge is 0.280 e. The van der Waals surface area contributed by atoms with Gasteiger partial charge in [-0.1, -0.05) is 25.0 Å². The van der Waals surface area contributed by atoms with Crippen LogP contribution < -0.4 is 19.9 Å². The van der Waals surface area contributed by atoms with Crippen molar-refractivity contribution in [1.29, 1.82) is 5.26 Å². The van der Waals surface area contributed by atoms with Gasteiger partial charge in [0.2, 0.25) is 0 Å². The topological polar surface area (TPSA) is 69.8 Å². The maximum Gasteiger partial charge on any atom is 0.280 e. The van der Waals surface area contributed by atoms with Crippen molar-refractivity contribution in [2.75, 3.05) is 50.1 Å². The van der Waals surface area contributed by atoms with E-state index in [4.69, 9.17) is 4.74 Å². The second kappa shape index (κ2) is 10.2. The molecule has 164 valence electrons. The summed E-state index contributed by atoms with van der Waals surface area (Å²) in [7, 11) is 1.70. The monoisotopic (exact) mass is 439 g/mol. The minimum Gasteiger partial charge on any atom is -0.495 e. The zero-order chi connectivity index (χ0) is 21.6. The number of anilines is 2. The number of hydrogen-bond donors (Lipinski definition) is 2. The third-order valence-corrected chi connectivity index (χ3v) is 7.55. The Bertz CT molecular complexity index is 957. The van der Waals surface area contributed by atoms with Gasteiger partial charge >= 0.3 is 0 Å². The summed E-state index contributed by atoms with van der Waals surface area (Å²) in [5.74, 6) is 0.896. The number of carbonyl (C=O) groups is 1. The van der Waals surface area contributed by atoms with Crippen molar-refractivity contribution in [3.63, 3.8) is 0 Å². The highest BCUT2D eigenvalue weighted by atomic mass is 32.1. The summed E-state index contributed by atoms with van der Waals surface area (Å²) < 4.78 is 5.49. The predicted octanol–water partition coefficient (Wildman–Crippen LogP) is 2.63. The third-order valence-electron chi connectivity index (χ3n) is 6.34. The van der Waals surface area contributed by atoms with E-state index >= 15 is 0 Å². The van der Waals surface area contributed by atoms with Crippen molar-refractivity contribution in [2.45, 2.75) is 38.5 Å². The number of para-hydroxylation sites is 2. The quantitative estimate of drug-likeness (QED) is 0.752. The number of piperazine rings is 1. The van der Waals surface area contributed by atoms with Gasteiger partial charge in [0.1, 0.15) is 16.8 Å². The summed E-state index contributed by atoms with van der Waals surface area (Å²) in [6.45, 7) is 4.02. The molecule has 0 unspecified atom stereocenters. The van der Waals surface area contributed by atoms with Crippen LogP contribution in [0.4, 0.5) is 10.7 Å². The number of fused-ring (bicyclic) bond motifs is 1. The molecule has 1 fully saturated rings. The lowest BCUT2D eigenvalue weighted by atomic mass is 9.97. The second-order valence-corrected chi connectivity index (χ2v) is 9.47. The molecule has 2 aromatic rings. The third kappa shape index (κ3) is 5.03. The number of aryl methyl sites for hydroxylation is 1. The Morgan fingerprint density at radius 2 is 1.94 bits per heavy atom. The standard InChI is InChI=1S/C24H30N4O2S/c1-30-21-10-7-6-9-20(21)28-14-12-27(13-15-28)17-23(29)26-24-19(16-25)18-8-4-2-3-5-11-22(18)31-24/h6-7,9-10H,2-5,8,11-15,17H2,1H3,(H,26,29)/p+1. The van der Waals surface area contributed by atoms with Crippen molar-refractivity contribution in [1.82, 2.24) is 0 Å². The van der Waals surface area contributed by atoms with E-state index in [-0.39, 0.29) is 5.91 Å². The summed E-state index contributed by atoms with van der Waals surface area (Å²) >= 11 is 1.62. The number of nitriles is 1. The number of hydrogen-bond acceptors (Lipinski definition) is 5. The molecule has 4 rings (SSSR count). The first-order valence-electron chi connectivity index (χ1n) is 11.3. The molecule has 6 nitrogen and oxygen atoms in total.